The Bertz CT molecular complexity index is 856. The summed E-state index contributed by atoms with van der Waals surface area (Å²) in [4.78, 5) is 24.9. The molecule has 0 radical (unpaired) electrons. The summed E-state index contributed by atoms with van der Waals surface area (Å²) in [5.41, 5.74) is 1.65. The molecular formula is C22H28BrN3O4. The van der Waals surface area contributed by atoms with E-state index >= 15 is 0 Å². The predicted octanol–water partition coefficient (Wildman–Crippen LogP) is 3.97. The summed E-state index contributed by atoms with van der Waals surface area (Å²) in [7, 11) is 3.17. The number of carbonyl (C=O) groups excluding carboxylic acids is 2. The number of rotatable bonds is 9. The van der Waals surface area contributed by atoms with Gasteiger partial charge in [0.15, 0.2) is 11.5 Å². The number of benzene rings is 2. The van der Waals surface area contributed by atoms with E-state index < -0.39 is 12.1 Å². The number of carbonyl (C=O) groups is 2. The van der Waals surface area contributed by atoms with E-state index in [1.54, 1.807) is 26.4 Å². The molecular weight excluding hydrogens is 450 g/mol. The van der Waals surface area contributed by atoms with Crippen molar-refractivity contribution in [3.63, 3.8) is 0 Å². The van der Waals surface area contributed by atoms with Gasteiger partial charge >= 0.3 is 6.03 Å². The summed E-state index contributed by atoms with van der Waals surface area (Å²) in [6.07, 6.45) is 0.627. The van der Waals surface area contributed by atoms with Crippen LogP contribution >= 0.6 is 15.9 Å². The number of ether oxygens (including phenoxy) is 2. The minimum atomic E-state index is -0.647. The molecule has 30 heavy (non-hydrogen) atoms. The Morgan fingerprint density at radius 3 is 2.27 bits per heavy atom. The molecule has 2 rings (SSSR count). The fraction of sp³-hybridized carbons (Fsp3) is 0.364. The average Bonchev–Trinajstić information content (AvgIpc) is 2.73. The standard InChI is InChI=1S/C22H28BrN3O4/c1-14(2)20(26-22(28)25-17-8-6-16(23)7-9-17)21(27)24-12-11-15-5-10-18(29-3)19(13-15)30-4/h5-10,13-14,20H,11-12H2,1-4H3,(H,24,27)(H2,25,26,28). The summed E-state index contributed by atoms with van der Waals surface area (Å²) in [5.74, 6) is 1.01. The van der Waals surface area contributed by atoms with Crippen LogP contribution in [0.15, 0.2) is 46.9 Å². The highest BCUT2D eigenvalue weighted by atomic mass is 79.9. The quantitative estimate of drug-likeness (QED) is 0.509. The largest absolute Gasteiger partial charge is 0.493 e. The Kier molecular flexibility index (Phi) is 8.98. The molecule has 0 aromatic heterocycles. The van der Waals surface area contributed by atoms with Gasteiger partial charge in [0.05, 0.1) is 14.2 Å². The molecule has 3 amide bonds. The van der Waals surface area contributed by atoms with Crippen molar-refractivity contribution in [1.82, 2.24) is 10.6 Å². The fourth-order valence-corrected chi connectivity index (χ4v) is 3.12. The lowest BCUT2D eigenvalue weighted by Gasteiger charge is -2.22. The zero-order chi connectivity index (χ0) is 22.1. The van der Waals surface area contributed by atoms with Crippen molar-refractivity contribution in [2.45, 2.75) is 26.3 Å². The van der Waals surface area contributed by atoms with Crippen molar-refractivity contribution in [2.75, 3.05) is 26.1 Å². The van der Waals surface area contributed by atoms with Gasteiger partial charge < -0.3 is 25.4 Å². The molecule has 0 heterocycles. The molecule has 0 aliphatic carbocycles. The molecule has 2 aromatic rings. The molecule has 1 unspecified atom stereocenters. The molecule has 0 saturated heterocycles. The van der Waals surface area contributed by atoms with Crippen molar-refractivity contribution in [3.8, 4) is 11.5 Å². The van der Waals surface area contributed by atoms with E-state index in [4.69, 9.17) is 9.47 Å². The van der Waals surface area contributed by atoms with Crippen LogP contribution in [0.5, 0.6) is 11.5 Å². The van der Waals surface area contributed by atoms with Gasteiger partial charge in [-0.05, 0) is 54.3 Å². The first-order valence-corrected chi connectivity index (χ1v) is 10.4. The van der Waals surface area contributed by atoms with Crippen LogP contribution in [0, 0.1) is 5.92 Å². The normalized spacial score (nSPS) is 11.5. The van der Waals surface area contributed by atoms with E-state index in [1.165, 1.54) is 0 Å². The van der Waals surface area contributed by atoms with Gasteiger partial charge in [-0.1, -0.05) is 35.8 Å². The lowest BCUT2D eigenvalue weighted by molar-refractivity contribution is -0.123. The van der Waals surface area contributed by atoms with Crippen LogP contribution in [0.25, 0.3) is 0 Å². The molecule has 162 valence electrons. The van der Waals surface area contributed by atoms with Gasteiger partial charge in [-0.15, -0.1) is 0 Å². The SMILES string of the molecule is COc1ccc(CCNC(=O)C(NC(=O)Nc2ccc(Br)cc2)C(C)C)cc1OC. The molecule has 3 N–H and O–H groups in total. The highest BCUT2D eigenvalue weighted by molar-refractivity contribution is 9.10. The Labute approximate surface area is 185 Å². The molecule has 0 fully saturated rings. The maximum atomic E-state index is 12.6. The number of hydrogen-bond donors (Lipinski definition) is 3. The number of urea groups is 1. The Hall–Kier alpha value is -2.74. The van der Waals surface area contributed by atoms with E-state index in [0.717, 1.165) is 10.0 Å². The second-order valence-corrected chi connectivity index (χ2v) is 7.97. The summed E-state index contributed by atoms with van der Waals surface area (Å²) in [6.45, 7) is 4.21. The first-order chi connectivity index (χ1) is 14.3. The van der Waals surface area contributed by atoms with E-state index in [1.807, 2.05) is 44.2 Å². The summed E-state index contributed by atoms with van der Waals surface area (Å²) >= 11 is 3.35. The molecule has 7 nitrogen and oxygen atoms in total. The molecule has 1 atom stereocenters. The predicted molar refractivity (Wildman–Crippen MR) is 121 cm³/mol. The summed E-state index contributed by atoms with van der Waals surface area (Å²) in [6, 6.07) is 11.8. The first-order valence-electron chi connectivity index (χ1n) is 9.65. The third-order valence-electron chi connectivity index (χ3n) is 4.50. The number of halogens is 1. The maximum absolute atomic E-state index is 12.6. The lowest BCUT2D eigenvalue weighted by Crippen LogP contribution is -2.51. The third-order valence-corrected chi connectivity index (χ3v) is 5.03. The van der Waals surface area contributed by atoms with Crippen LogP contribution in [0.3, 0.4) is 0 Å². The van der Waals surface area contributed by atoms with Gasteiger partial charge in [0, 0.05) is 16.7 Å². The van der Waals surface area contributed by atoms with E-state index in [0.29, 0.717) is 30.2 Å². The molecule has 0 aliphatic heterocycles. The summed E-state index contributed by atoms with van der Waals surface area (Å²) in [5, 5.41) is 8.38. The second-order valence-electron chi connectivity index (χ2n) is 7.06. The van der Waals surface area contributed by atoms with Gasteiger partial charge in [0.1, 0.15) is 6.04 Å². The smallest absolute Gasteiger partial charge is 0.319 e. The topological polar surface area (TPSA) is 88.7 Å². The van der Waals surface area contributed by atoms with Crippen LogP contribution in [0.1, 0.15) is 19.4 Å². The van der Waals surface area contributed by atoms with E-state index in [2.05, 4.69) is 31.9 Å². The summed E-state index contributed by atoms with van der Waals surface area (Å²) < 4.78 is 11.5. The Morgan fingerprint density at radius 2 is 1.67 bits per heavy atom. The maximum Gasteiger partial charge on any atom is 0.319 e. The zero-order valence-corrected chi connectivity index (χ0v) is 19.2. The minimum Gasteiger partial charge on any atom is -0.493 e. The van der Waals surface area contributed by atoms with Crippen molar-refractivity contribution < 1.29 is 19.1 Å². The molecule has 0 aliphatic rings. The van der Waals surface area contributed by atoms with Gasteiger partial charge in [0.25, 0.3) is 0 Å². The van der Waals surface area contributed by atoms with E-state index in [-0.39, 0.29) is 11.8 Å². The first kappa shape index (κ1) is 23.5. The number of methoxy groups -OCH3 is 2. The van der Waals surface area contributed by atoms with Gasteiger partial charge in [0.2, 0.25) is 5.91 Å². The zero-order valence-electron chi connectivity index (χ0n) is 17.6. The number of amides is 3. The fourth-order valence-electron chi connectivity index (χ4n) is 2.85. The van der Waals surface area contributed by atoms with E-state index in [9.17, 15) is 9.59 Å². The van der Waals surface area contributed by atoms with Crippen molar-refractivity contribution >= 4 is 33.6 Å². The monoisotopic (exact) mass is 477 g/mol. The van der Waals surface area contributed by atoms with Crippen molar-refractivity contribution in [3.05, 3.63) is 52.5 Å². The van der Waals surface area contributed by atoms with Crippen LogP contribution in [-0.2, 0) is 11.2 Å². The van der Waals surface area contributed by atoms with Crippen LogP contribution in [0.4, 0.5) is 10.5 Å². The lowest BCUT2D eigenvalue weighted by atomic mass is 10.0. The number of anilines is 1. The van der Waals surface area contributed by atoms with Crippen LogP contribution in [-0.4, -0.2) is 38.7 Å². The average molecular weight is 478 g/mol. The van der Waals surface area contributed by atoms with Gasteiger partial charge in [-0.3, -0.25) is 4.79 Å². The number of nitrogens with one attached hydrogen (secondary N) is 3. The van der Waals surface area contributed by atoms with Gasteiger partial charge in [-0.2, -0.15) is 0 Å². The highest BCUT2D eigenvalue weighted by Crippen LogP contribution is 2.27. The van der Waals surface area contributed by atoms with Crippen molar-refractivity contribution in [1.29, 1.82) is 0 Å². The van der Waals surface area contributed by atoms with Crippen LogP contribution < -0.4 is 25.4 Å². The van der Waals surface area contributed by atoms with Crippen molar-refractivity contribution in [2.24, 2.45) is 5.92 Å². The second kappa shape index (κ2) is 11.4. The highest BCUT2D eigenvalue weighted by Gasteiger charge is 2.24. The minimum absolute atomic E-state index is 0.0678. The molecule has 0 bridgehead atoms. The van der Waals surface area contributed by atoms with Gasteiger partial charge in [-0.25, -0.2) is 4.79 Å². The Balaban J connectivity index is 1.89. The Morgan fingerprint density at radius 1 is 1.00 bits per heavy atom. The molecule has 8 heteroatoms. The van der Waals surface area contributed by atoms with Crippen LogP contribution in [0.2, 0.25) is 0 Å². The molecule has 2 aromatic carbocycles. The number of hydrogen-bond acceptors (Lipinski definition) is 4. The molecule has 0 spiro atoms. The third kappa shape index (κ3) is 6.95. The molecule has 0 saturated carbocycles.